The molecule has 0 bridgehead atoms. The molecule has 1 aromatic heterocycles. The van der Waals surface area contributed by atoms with Crippen LogP contribution in [-0.2, 0) is 6.54 Å². The highest BCUT2D eigenvalue weighted by Crippen LogP contribution is 2.26. The molecule has 0 aliphatic carbocycles. The first-order valence-corrected chi connectivity index (χ1v) is 8.53. The average molecular weight is 340 g/mol. The summed E-state index contributed by atoms with van der Waals surface area (Å²) in [6, 6.07) is 12.2. The van der Waals surface area contributed by atoms with Crippen LogP contribution in [0.5, 0.6) is 0 Å². The van der Waals surface area contributed by atoms with E-state index in [1.807, 2.05) is 29.1 Å². The minimum Gasteiger partial charge on any atom is -0.388 e. The number of nitrogens with one attached hydrogen (secondary N) is 2. The Morgan fingerprint density at radius 3 is 2.60 bits per heavy atom. The zero-order valence-electron chi connectivity index (χ0n) is 13.9. The molecule has 1 aliphatic heterocycles. The van der Waals surface area contributed by atoms with E-state index in [-0.39, 0.29) is 5.82 Å². The highest BCUT2D eigenvalue weighted by molar-refractivity contribution is 5.83. The molecule has 0 atom stereocenters. The van der Waals surface area contributed by atoms with Gasteiger partial charge in [-0.25, -0.2) is 4.39 Å². The van der Waals surface area contributed by atoms with E-state index in [0.29, 0.717) is 6.54 Å². The summed E-state index contributed by atoms with van der Waals surface area (Å²) in [6.45, 7) is 2.17. The minimum atomic E-state index is -0.699. The molecule has 1 fully saturated rings. The quantitative estimate of drug-likeness (QED) is 0.683. The molecular weight excluding hydrogens is 319 g/mol. The Labute approximate surface area is 145 Å². The lowest BCUT2D eigenvalue weighted by molar-refractivity contribution is -0.00715. The molecule has 0 radical (unpaired) electrons. The lowest BCUT2D eigenvalue weighted by Crippen LogP contribution is -2.44. The van der Waals surface area contributed by atoms with Crippen molar-refractivity contribution < 1.29 is 9.50 Å². The first-order valence-electron chi connectivity index (χ1n) is 8.53. The highest BCUT2D eigenvalue weighted by atomic mass is 19.1. The number of halogens is 1. The maximum Gasteiger partial charge on any atom is 0.123 e. The van der Waals surface area contributed by atoms with Gasteiger partial charge in [-0.2, -0.15) is 5.10 Å². The maximum atomic E-state index is 13.0. The van der Waals surface area contributed by atoms with Crippen molar-refractivity contribution in [3.05, 3.63) is 54.5 Å². The van der Waals surface area contributed by atoms with Crippen LogP contribution in [0.2, 0.25) is 0 Å². The van der Waals surface area contributed by atoms with E-state index in [0.717, 1.165) is 48.2 Å². The minimum absolute atomic E-state index is 0.252. The Balaban J connectivity index is 1.55. The second-order valence-electron chi connectivity index (χ2n) is 6.68. The average Bonchev–Trinajstić information content (AvgIpc) is 2.99. The third-order valence-corrected chi connectivity index (χ3v) is 4.75. The summed E-state index contributed by atoms with van der Waals surface area (Å²) in [5.74, 6) is -0.252. The Morgan fingerprint density at radius 2 is 1.84 bits per heavy atom. The first-order chi connectivity index (χ1) is 12.1. The molecule has 2 heterocycles. The Bertz CT molecular complexity index is 869. The van der Waals surface area contributed by atoms with Gasteiger partial charge in [0, 0.05) is 16.8 Å². The second-order valence-corrected chi connectivity index (χ2v) is 6.68. The monoisotopic (exact) mass is 340 g/mol. The standard InChI is InChI=1S/C19H21FN4O/c20-15-1-3-16(4-2-15)23-17-5-6-18-14(11-17)12-22-24(18)13-19(25)7-9-21-10-8-19/h1-6,11-12,21,23,25H,7-10,13H2. The molecule has 130 valence electrons. The van der Waals surface area contributed by atoms with Gasteiger partial charge in [0.05, 0.1) is 23.9 Å². The van der Waals surface area contributed by atoms with Crippen molar-refractivity contribution in [1.82, 2.24) is 15.1 Å². The topological polar surface area (TPSA) is 62.1 Å². The van der Waals surface area contributed by atoms with Crippen LogP contribution in [0.1, 0.15) is 12.8 Å². The van der Waals surface area contributed by atoms with Crippen molar-refractivity contribution in [1.29, 1.82) is 0 Å². The molecule has 5 nitrogen and oxygen atoms in total. The van der Waals surface area contributed by atoms with Crippen molar-refractivity contribution in [2.24, 2.45) is 0 Å². The summed E-state index contributed by atoms with van der Waals surface area (Å²) in [6.07, 6.45) is 3.28. The molecular formula is C19H21FN4O. The zero-order valence-corrected chi connectivity index (χ0v) is 13.9. The fraction of sp³-hybridized carbons (Fsp3) is 0.316. The van der Waals surface area contributed by atoms with Crippen LogP contribution in [-0.4, -0.2) is 33.6 Å². The van der Waals surface area contributed by atoms with Gasteiger partial charge in [0.15, 0.2) is 0 Å². The van der Waals surface area contributed by atoms with E-state index >= 15 is 0 Å². The largest absolute Gasteiger partial charge is 0.388 e. The number of hydrogen-bond donors (Lipinski definition) is 3. The van der Waals surface area contributed by atoms with Gasteiger partial charge < -0.3 is 15.7 Å². The van der Waals surface area contributed by atoms with Crippen LogP contribution in [0.15, 0.2) is 48.7 Å². The summed E-state index contributed by atoms with van der Waals surface area (Å²) in [5.41, 5.74) is 2.04. The smallest absolute Gasteiger partial charge is 0.123 e. The van der Waals surface area contributed by atoms with Gasteiger partial charge in [0.25, 0.3) is 0 Å². The summed E-state index contributed by atoms with van der Waals surface area (Å²) in [4.78, 5) is 0. The molecule has 1 aliphatic rings. The van der Waals surface area contributed by atoms with Crippen LogP contribution < -0.4 is 10.6 Å². The predicted molar refractivity (Wildman–Crippen MR) is 96.5 cm³/mol. The van der Waals surface area contributed by atoms with E-state index in [1.54, 1.807) is 12.1 Å². The second kappa shape index (κ2) is 6.46. The number of nitrogens with zero attached hydrogens (tertiary/aromatic N) is 2. The van der Waals surface area contributed by atoms with Crippen molar-refractivity contribution in [2.75, 3.05) is 18.4 Å². The van der Waals surface area contributed by atoms with Crippen LogP contribution in [0.3, 0.4) is 0 Å². The van der Waals surface area contributed by atoms with Crippen LogP contribution in [0.4, 0.5) is 15.8 Å². The van der Waals surface area contributed by atoms with Crippen LogP contribution in [0.25, 0.3) is 10.9 Å². The molecule has 0 spiro atoms. The third-order valence-electron chi connectivity index (χ3n) is 4.75. The lowest BCUT2D eigenvalue weighted by atomic mass is 9.92. The summed E-state index contributed by atoms with van der Waals surface area (Å²) >= 11 is 0. The fourth-order valence-corrected chi connectivity index (χ4v) is 3.32. The van der Waals surface area contributed by atoms with Crippen molar-refractivity contribution in [3.63, 3.8) is 0 Å². The van der Waals surface area contributed by atoms with Crippen molar-refractivity contribution >= 4 is 22.3 Å². The molecule has 0 amide bonds. The third kappa shape index (κ3) is 3.50. The number of benzene rings is 2. The van der Waals surface area contributed by atoms with Crippen molar-refractivity contribution in [2.45, 2.75) is 25.0 Å². The molecule has 4 rings (SSSR count). The Morgan fingerprint density at radius 1 is 1.12 bits per heavy atom. The van der Waals surface area contributed by atoms with E-state index in [9.17, 15) is 9.50 Å². The van der Waals surface area contributed by atoms with Crippen molar-refractivity contribution in [3.8, 4) is 0 Å². The Hall–Kier alpha value is -2.44. The maximum absolute atomic E-state index is 13.0. The number of aliphatic hydroxyl groups is 1. The van der Waals surface area contributed by atoms with E-state index in [2.05, 4.69) is 15.7 Å². The van der Waals surface area contributed by atoms with E-state index in [4.69, 9.17) is 0 Å². The highest BCUT2D eigenvalue weighted by Gasteiger charge is 2.30. The number of fused-ring (bicyclic) bond motifs is 1. The van der Waals surface area contributed by atoms with Gasteiger partial charge in [-0.3, -0.25) is 4.68 Å². The lowest BCUT2D eigenvalue weighted by Gasteiger charge is -2.32. The summed E-state index contributed by atoms with van der Waals surface area (Å²) in [7, 11) is 0. The first kappa shape index (κ1) is 16.1. The van der Waals surface area contributed by atoms with Gasteiger partial charge >= 0.3 is 0 Å². The van der Waals surface area contributed by atoms with E-state index < -0.39 is 5.60 Å². The molecule has 3 N–H and O–H groups in total. The number of hydrogen-bond acceptors (Lipinski definition) is 4. The molecule has 3 aromatic rings. The molecule has 1 saturated heterocycles. The normalized spacial score (nSPS) is 16.9. The van der Waals surface area contributed by atoms with Gasteiger partial charge in [-0.15, -0.1) is 0 Å². The summed E-state index contributed by atoms with van der Waals surface area (Å²) in [5, 5.41) is 22.7. The van der Waals surface area contributed by atoms with Crippen LogP contribution >= 0.6 is 0 Å². The van der Waals surface area contributed by atoms with Crippen LogP contribution in [0, 0.1) is 5.82 Å². The predicted octanol–water partition coefficient (Wildman–Crippen LogP) is 3.03. The number of piperidine rings is 1. The Kier molecular flexibility index (Phi) is 4.15. The van der Waals surface area contributed by atoms with E-state index in [1.165, 1.54) is 12.1 Å². The zero-order chi connectivity index (χ0) is 17.3. The molecule has 0 saturated carbocycles. The fourth-order valence-electron chi connectivity index (χ4n) is 3.32. The number of aromatic nitrogens is 2. The summed E-state index contributed by atoms with van der Waals surface area (Å²) < 4.78 is 14.9. The van der Waals surface area contributed by atoms with Gasteiger partial charge in [0.2, 0.25) is 0 Å². The molecule has 6 heteroatoms. The van der Waals surface area contributed by atoms with Gasteiger partial charge in [0.1, 0.15) is 5.82 Å². The number of rotatable bonds is 4. The van der Waals surface area contributed by atoms with Gasteiger partial charge in [-0.1, -0.05) is 0 Å². The molecule has 25 heavy (non-hydrogen) atoms. The molecule has 0 unspecified atom stereocenters. The van der Waals surface area contributed by atoms with Gasteiger partial charge in [-0.05, 0) is 68.4 Å². The number of anilines is 2. The molecule has 2 aromatic carbocycles. The SMILES string of the molecule is OC1(Cn2ncc3cc(Nc4ccc(F)cc4)ccc32)CCNCC1.